The molecule has 0 aliphatic carbocycles. The van der Waals surface area contributed by atoms with Gasteiger partial charge in [-0.25, -0.2) is 4.99 Å². The average Bonchev–Trinajstić information content (AvgIpc) is 2.75. The molecular formula is C22H31N3O4. The molecule has 29 heavy (non-hydrogen) atoms. The highest BCUT2D eigenvalue weighted by Crippen LogP contribution is 2.31. The summed E-state index contributed by atoms with van der Waals surface area (Å²) in [5, 5.41) is 6.56. The number of benzene rings is 2. The van der Waals surface area contributed by atoms with Gasteiger partial charge in [-0.1, -0.05) is 18.2 Å². The Labute approximate surface area is 173 Å². The molecule has 7 heteroatoms. The molecule has 0 aliphatic rings. The van der Waals surface area contributed by atoms with Crippen LogP contribution in [0, 0.1) is 0 Å². The summed E-state index contributed by atoms with van der Waals surface area (Å²) in [5.74, 6) is 3.63. The second-order valence-electron chi connectivity index (χ2n) is 6.34. The first kappa shape index (κ1) is 22.2. The molecule has 0 saturated heterocycles. The van der Waals surface area contributed by atoms with Crippen LogP contribution in [0.3, 0.4) is 0 Å². The summed E-state index contributed by atoms with van der Waals surface area (Å²) < 4.78 is 22.0. The zero-order valence-electron chi connectivity index (χ0n) is 17.8. The molecular weight excluding hydrogens is 370 g/mol. The molecule has 0 aromatic heterocycles. The van der Waals surface area contributed by atoms with Crippen molar-refractivity contribution in [3.63, 3.8) is 0 Å². The Morgan fingerprint density at radius 3 is 2.41 bits per heavy atom. The molecule has 0 radical (unpaired) electrons. The number of hydrogen-bond donors (Lipinski definition) is 2. The van der Waals surface area contributed by atoms with Gasteiger partial charge < -0.3 is 29.6 Å². The van der Waals surface area contributed by atoms with E-state index >= 15 is 0 Å². The van der Waals surface area contributed by atoms with E-state index in [1.807, 2.05) is 56.3 Å². The fourth-order valence-corrected chi connectivity index (χ4v) is 2.77. The number of aliphatic imine (C=N–C) groups is 1. The van der Waals surface area contributed by atoms with Gasteiger partial charge in [0, 0.05) is 18.2 Å². The van der Waals surface area contributed by atoms with Crippen LogP contribution in [0.4, 0.5) is 0 Å². The molecule has 2 rings (SSSR count). The van der Waals surface area contributed by atoms with Crippen molar-refractivity contribution in [1.29, 1.82) is 0 Å². The molecule has 0 bridgehead atoms. The summed E-state index contributed by atoms with van der Waals surface area (Å²) in [7, 11) is 4.90. The van der Waals surface area contributed by atoms with Gasteiger partial charge in [-0.3, -0.25) is 0 Å². The maximum absolute atomic E-state index is 5.95. The van der Waals surface area contributed by atoms with Crippen LogP contribution < -0.4 is 29.6 Å². The topological polar surface area (TPSA) is 73.3 Å². The number of rotatable bonds is 10. The predicted molar refractivity (Wildman–Crippen MR) is 115 cm³/mol. The maximum Gasteiger partial charge on any atom is 0.191 e. The summed E-state index contributed by atoms with van der Waals surface area (Å²) in [6.45, 7) is 5.84. The molecule has 158 valence electrons. The highest BCUT2D eigenvalue weighted by Gasteiger charge is 2.10. The van der Waals surface area contributed by atoms with E-state index in [0.717, 1.165) is 23.6 Å². The minimum Gasteiger partial charge on any atom is -0.497 e. The largest absolute Gasteiger partial charge is 0.497 e. The molecule has 1 atom stereocenters. The number of guanidine groups is 1. The van der Waals surface area contributed by atoms with Crippen molar-refractivity contribution in [2.45, 2.75) is 26.5 Å². The van der Waals surface area contributed by atoms with Crippen molar-refractivity contribution in [3.05, 3.63) is 48.0 Å². The Hall–Kier alpha value is -3.09. The van der Waals surface area contributed by atoms with Gasteiger partial charge in [-0.15, -0.1) is 0 Å². The Morgan fingerprint density at radius 1 is 0.966 bits per heavy atom. The highest BCUT2D eigenvalue weighted by molar-refractivity contribution is 5.79. The van der Waals surface area contributed by atoms with E-state index in [1.165, 1.54) is 0 Å². The summed E-state index contributed by atoms with van der Waals surface area (Å²) >= 11 is 0. The first-order valence-corrected chi connectivity index (χ1v) is 9.64. The lowest BCUT2D eigenvalue weighted by Gasteiger charge is -2.18. The normalized spacial score (nSPS) is 12.1. The van der Waals surface area contributed by atoms with E-state index in [4.69, 9.17) is 18.9 Å². The van der Waals surface area contributed by atoms with Crippen LogP contribution in [0.15, 0.2) is 47.5 Å². The van der Waals surface area contributed by atoms with E-state index in [0.29, 0.717) is 30.5 Å². The van der Waals surface area contributed by atoms with Gasteiger partial charge in [0.15, 0.2) is 17.5 Å². The summed E-state index contributed by atoms with van der Waals surface area (Å²) in [6.07, 6.45) is -0.0580. The van der Waals surface area contributed by atoms with Gasteiger partial charge in [0.2, 0.25) is 0 Å². The van der Waals surface area contributed by atoms with Crippen molar-refractivity contribution >= 4 is 5.96 Å². The average molecular weight is 402 g/mol. The third kappa shape index (κ3) is 6.78. The van der Waals surface area contributed by atoms with Crippen LogP contribution in [0.5, 0.6) is 23.0 Å². The zero-order chi connectivity index (χ0) is 21.1. The molecule has 1 unspecified atom stereocenters. The van der Waals surface area contributed by atoms with Crippen molar-refractivity contribution in [2.24, 2.45) is 4.99 Å². The quantitative estimate of drug-likeness (QED) is 0.470. The predicted octanol–water partition coefficient (Wildman–Crippen LogP) is 3.24. The molecule has 0 saturated carbocycles. The number of hydrogen-bond acceptors (Lipinski definition) is 5. The third-order valence-corrected chi connectivity index (χ3v) is 4.17. The summed E-state index contributed by atoms with van der Waals surface area (Å²) in [6, 6.07) is 13.3. The smallest absolute Gasteiger partial charge is 0.191 e. The summed E-state index contributed by atoms with van der Waals surface area (Å²) in [5.41, 5.74) is 0.949. The summed E-state index contributed by atoms with van der Waals surface area (Å²) in [4.78, 5) is 4.66. The van der Waals surface area contributed by atoms with E-state index in [9.17, 15) is 0 Å². The van der Waals surface area contributed by atoms with Gasteiger partial charge in [-0.05, 0) is 32.0 Å². The number of ether oxygens (including phenoxy) is 4. The van der Waals surface area contributed by atoms with Crippen molar-refractivity contribution in [2.75, 3.05) is 34.4 Å². The third-order valence-electron chi connectivity index (χ3n) is 4.17. The van der Waals surface area contributed by atoms with E-state index in [2.05, 4.69) is 15.6 Å². The lowest BCUT2D eigenvalue weighted by molar-refractivity contribution is 0.223. The molecule has 0 spiro atoms. The van der Waals surface area contributed by atoms with Gasteiger partial charge in [-0.2, -0.15) is 0 Å². The van der Waals surface area contributed by atoms with Gasteiger partial charge in [0.1, 0.15) is 17.6 Å². The molecule has 2 aromatic rings. The second-order valence-corrected chi connectivity index (χ2v) is 6.34. The molecule has 2 aromatic carbocycles. The molecule has 7 nitrogen and oxygen atoms in total. The van der Waals surface area contributed by atoms with Crippen molar-refractivity contribution in [1.82, 2.24) is 10.6 Å². The lowest BCUT2D eigenvalue weighted by atomic mass is 10.2. The zero-order valence-corrected chi connectivity index (χ0v) is 17.8. The van der Waals surface area contributed by atoms with Crippen LogP contribution in [0.2, 0.25) is 0 Å². The molecule has 2 N–H and O–H groups in total. The first-order valence-electron chi connectivity index (χ1n) is 9.64. The molecule has 0 amide bonds. The van der Waals surface area contributed by atoms with Crippen LogP contribution in [0.25, 0.3) is 0 Å². The standard InChI is InChI=1S/C22H31N3O4/c1-6-23-22(25-15-17-9-7-12-20(27-4)21(17)28-5)24-14-16(2)29-19-11-8-10-18(13-19)26-3/h7-13,16H,6,14-15H2,1-5H3,(H2,23,24,25). The van der Waals surface area contributed by atoms with Crippen LogP contribution in [-0.2, 0) is 6.54 Å². The Kier molecular flexibility index (Phi) is 8.95. The Morgan fingerprint density at radius 2 is 1.72 bits per heavy atom. The SMILES string of the molecule is CCNC(=NCc1cccc(OC)c1OC)NCC(C)Oc1cccc(OC)c1. The van der Waals surface area contributed by atoms with Gasteiger partial charge >= 0.3 is 0 Å². The number of nitrogens with zero attached hydrogens (tertiary/aromatic N) is 1. The van der Waals surface area contributed by atoms with E-state index in [-0.39, 0.29) is 6.10 Å². The monoisotopic (exact) mass is 401 g/mol. The Bertz CT molecular complexity index is 795. The minimum atomic E-state index is -0.0580. The van der Waals surface area contributed by atoms with Crippen LogP contribution >= 0.6 is 0 Å². The number of nitrogens with one attached hydrogen (secondary N) is 2. The van der Waals surface area contributed by atoms with Gasteiger partial charge in [0.05, 0.1) is 34.4 Å². The number of methoxy groups -OCH3 is 3. The second kappa shape index (κ2) is 11.7. The minimum absolute atomic E-state index is 0.0580. The van der Waals surface area contributed by atoms with Crippen molar-refractivity contribution < 1.29 is 18.9 Å². The fraction of sp³-hybridized carbons (Fsp3) is 0.409. The lowest BCUT2D eigenvalue weighted by Crippen LogP contribution is -2.41. The van der Waals surface area contributed by atoms with Crippen LogP contribution in [0.1, 0.15) is 19.4 Å². The molecule has 0 aliphatic heterocycles. The number of para-hydroxylation sites is 1. The Balaban J connectivity index is 1.98. The van der Waals surface area contributed by atoms with E-state index in [1.54, 1.807) is 21.3 Å². The maximum atomic E-state index is 5.95. The molecule has 0 heterocycles. The van der Waals surface area contributed by atoms with Crippen molar-refractivity contribution in [3.8, 4) is 23.0 Å². The van der Waals surface area contributed by atoms with Crippen LogP contribution in [-0.4, -0.2) is 46.5 Å². The molecule has 0 fully saturated rings. The van der Waals surface area contributed by atoms with E-state index < -0.39 is 0 Å². The highest BCUT2D eigenvalue weighted by atomic mass is 16.5. The van der Waals surface area contributed by atoms with Gasteiger partial charge in [0.25, 0.3) is 0 Å². The first-order chi connectivity index (χ1) is 14.1. The fourth-order valence-electron chi connectivity index (χ4n) is 2.77.